The normalized spacial score (nSPS) is 38.1. The van der Waals surface area contributed by atoms with E-state index < -0.39 is 0 Å². The van der Waals surface area contributed by atoms with Crippen LogP contribution in [0.2, 0.25) is 0 Å². The molecule has 17 heavy (non-hydrogen) atoms. The van der Waals surface area contributed by atoms with Crippen LogP contribution in [0.25, 0.3) is 0 Å². The molecule has 2 saturated carbocycles. The van der Waals surface area contributed by atoms with E-state index in [9.17, 15) is 0 Å². The number of hydrogen-bond donors (Lipinski definition) is 1. The van der Waals surface area contributed by atoms with Crippen LogP contribution in [0.4, 0.5) is 0 Å². The molecular formula is C15H28N2. The predicted molar refractivity (Wildman–Crippen MR) is 72.1 cm³/mol. The Kier molecular flexibility index (Phi) is 3.72. The Hall–Kier alpha value is -0.0800. The fourth-order valence-corrected chi connectivity index (χ4v) is 4.14. The molecule has 1 saturated heterocycles. The Bertz CT molecular complexity index is 235. The van der Waals surface area contributed by atoms with Crippen LogP contribution in [0.1, 0.15) is 51.4 Å². The van der Waals surface area contributed by atoms with Crippen molar-refractivity contribution in [2.45, 2.75) is 63.5 Å². The molecule has 0 radical (unpaired) electrons. The number of nitrogens with zero attached hydrogens (tertiary/aromatic N) is 1. The molecule has 3 atom stereocenters. The van der Waals surface area contributed by atoms with E-state index in [1.807, 2.05) is 0 Å². The van der Waals surface area contributed by atoms with Crippen molar-refractivity contribution in [3.63, 3.8) is 0 Å². The number of rotatable bonds is 4. The molecule has 3 aliphatic rings. The zero-order valence-electron chi connectivity index (χ0n) is 11.3. The summed E-state index contributed by atoms with van der Waals surface area (Å²) in [5, 5.41) is 3.89. The Morgan fingerprint density at radius 1 is 1.00 bits per heavy atom. The number of fused-ring (bicyclic) bond motifs is 1. The van der Waals surface area contributed by atoms with Crippen molar-refractivity contribution in [1.29, 1.82) is 0 Å². The zero-order valence-corrected chi connectivity index (χ0v) is 11.3. The second kappa shape index (κ2) is 5.27. The third-order valence-electron chi connectivity index (χ3n) is 5.27. The van der Waals surface area contributed by atoms with Gasteiger partial charge in [-0.3, -0.25) is 0 Å². The monoisotopic (exact) mass is 236 g/mol. The summed E-state index contributed by atoms with van der Waals surface area (Å²) in [6.07, 6.45) is 11.7. The van der Waals surface area contributed by atoms with Crippen molar-refractivity contribution in [3.05, 3.63) is 0 Å². The quantitative estimate of drug-likeness (QED) is 0.807. The smallest absolute Gasteiger partial charge is 0.0200 e. The van der Waals surface area contributed by atoms with Crippen molar-refractivity contribution in [2.24, 2.45) is 11.8 Å². The van der Waals surface area contributed by atoms with E-state index in [0.29, 0.717) is 0 Å². The van der Waals surface area contributed by atoms with E-state index in [0.717, 1.165) is 23.9 Å². The van der Waals surface area contributed by atoms with E-state index >= 15 is 0 Å². The van der Waals surface area contributed by atoms with Crippen LogP contribution in [0.5, 0.6) is 0 Å². The van der Waals surface area contributed by atoms with Gasteiger partial charge in [0, 0.05) is 25.2 Å². The molecule has 98 valence electrons. The fraction of sp³-hybridized carbons (Fsp3) is 1.00. The second-order valence-corrected chi connectivity index (χ2v) is 6.77. The maximum absolute atomic E-state index is 3.89. The van der Waals surface area contributed by atoms with E-state index in [2.05, 4.69) is 17.3 Å². The van der Waals surface area contributed by atoms with E-state index in [4.69, 9.17) is 0 Å². The van der Waals surface area contributed by atoms with E-state index in [-0.39, 0.29) is 0 Å². The summed E-state index contributed by atoms with van der Waals surface area (Å²) in [5.41, 5.74) is 0. The lowest BCUT2D eigenvalue weighted by atomic mass is 9.84. The van der Waals surface area contributed by atoms with Crippen LogP contribution in [0.3, 0.4) is 0 Å². The van der Waals surface area contributed by atoms with Gasteiger partial charge in [0.1, 0.15) is 0 Å². The highest BCUT2D eigenvalue weighted by molar-refractivity contribution is 4.93. The zero-order chi connectivity index (χ0) is 11.7. The first-order valence-corrected chi connectivity index (χ1v) is 7.76. The maximum Gasteiger partial charge on any atom is 0.0200 e. The molecule has 2 aliphatic carbocycles. The van der Waals surface area contributed by atoms with Crippen molar-refractivity contribution in [2.75, 3.05) is 20.1 Å². The summed E-state index contributed by atoms with van der Waals surface area (Å²) in [6.45, 7) is 2.62. The van der Waals surface area contributed by atoms with Gasteiger partial charge in [-0.05, 0) is 51.0 Å². The molecule has 2 nitrogen and oxygen atoms in total. The minimum absolute atomic E-state index is 0.785. The van der Waals surface area contributed by atoms with Gasteiger partial charge in [0.05, 0.1) is 0 Å². The molecule has 1 aliphatic heterocycles. The molecule has 3 unspecified atom stereocenters. The first-order valence-electron chi connectivity index (χ1n) is 7.76. The molecule has 0 spiro atoms. The summed E-state index contributed by atoms with van der Waals surface area (Å²) in [6, 6.07) is 1.65. The van der Waals surface area contributed by atoms with Crippen LogP contribution < -0.4 is 5.32 Å². The summed E-state index contributed by atoms with van der Waals surface area (Å²) >= 11 is 0. The average molecular weight is 236 g/mol. The Morgan fingerprint density at radius 3 is 2.53 bits per heavy atom. The SMILES string of the molecule is CN(CC1CCC1)CC1CC2CCCCC2N1. The highest BCUT2D eigenvalue weighted by Crippen LogP contribution is 2.33. The third kappa shape index (κ3) is 2.85. The Morgan fingerprint density at radius 2 is 1.82 bits per heavy atom. The Labute approximate surface area is 106 Å². The molecular weight excluding hydrogens is 208 g/mol. The molecule has 1 N–H and O–H groups in total. The standard InChI is InChI=1S/C15H28N2/c1-17(10-12-5-4-6-12)11-14-9-13-7-2-3-8-15(13)16-14/h12-16H,2-11H2,1H3. The molecule has 3 rings (SSSR count). The van der Waals surface area contributed by atoms with Gasteiger partial charge in [-0.2, -0.15) is 0 Å². The molecule has 3 fully saturated rings. The minimum atomic E-state index is 0.785. The summed E-state index contributed by atoms with van der Waals surface area (Å²) in [7, 11) is 2.32. The van der Waals surface area contributed by atoms with Gasteiger partial charge in [0.2, 0.25) is 0 Å². The van der Waals surface area contributed by atoms with Gasteiger partial charge in [-0.15, -0.1) is 0 Å². The van der Waals surface area contributed by atoms with Gasteiger partial charge < -0.3 is 10.2 Å². The van der Waals surface area contributed by atoms with Gasteiger partial charge in [0.25, 0.3) is 0 Å². The minimum Gasteiger partial charge on any atom is -0.310 e. The Balaban J connectivity index is 1.42. The number of likely N-dealkylation sites (N-methyl/N-ethyl adjacent to an activating group) is 1. The first kappa shape index (κ1) is 12.0. The van der Waals surface area contributed by atoms with Crippen LogP contribution in [0.15, 0.2) is 0 Å². The van der Waals surface area contributed by atoms with Crippen LogP contribution in [0, 0.1) is 11.8 Å². The van der Waals surface area contributed by atoms with Crippen molar-refractivity contribution in [3.8, 4) is 0 Å². The fourth-order valence-electron chi connectivity index (χ4n) is 4.14. The lowest BCUT2D eigenvalue weighted by molar-refractivity contribution is 0.193. The van der Waals surface area contributed by atoms with Gasteiger partial charge in [0.15, 0.2) is 0 Å². The molecule has 0 aromatic rings. The van der Waals surface area contributed by atoms with Crippen LogP contribution in [-0.4, -0.2) is 37.1 Å². The number of nitrogens with one attached hydrogen (secondary N) is 1. The highest BCUT2D eigenvalue weighted by atomic mass is 15.1. The summed E-state index contributed by atoms with van der Waals surface area (Å²) in [4.78, 5) is 2.58. The summed E-state index contributed by atoms with van der Waals surface area (Å²) < 4.78 is 0. The van der Waals surface area contributed by atoms with Crippen molar-refractivity contribution < 1.29 is 0 Å². The first-order chi connectivity index (χ1) is 8.31. The van der Waals surface area contributed by atoms with Crippen LogP contribution in [-0.2, 0) is 0 Å². The van der Waals surface area contributed by atoms with Crippen LogP contribution >= 0.6 is 0 Å². The van der Waals surface area contributed by atoms with Crippen molar-refractivity contribution in [1.82, 2.24) is 10.2 Å². The molecule has 1 heterocycles. The maximum atomic E-state index is 3.89. The predicted octanol–water partition coefficient (Wildman–Crippen LogP) is 2.64. The summed E-state index contributed by atoms with van der Waals surface area (Å²) in [5.74, 6) is 2.02. The van der Waals surface area contributed by atoms with Gasteiger partial charge in [-0.25, -0.2) is 0 Å². The molecule has 0 amide bonds. The van der Waals surface area contributed by atoms with E-state index in [1.54, 1.807) is 0 Å². The van der Waals surface area contributed by atoms with E-state index in [1.165, 1.54) is 64.5 Å². The third-order valence-corrected chi connectivity index (χ3v) is 5.27. The highest BCUT2D eigenvalue weighted by Gasteiger charge is 2.35. The van der Waals surface area contributed by atoms with Gasteiger partial charge >= 0.3 is 0 Å². The lowest BCUT2D eigenvalue weighted by Crippen LogP contribution is -2.41. The lowest BCUT2D eigenvalue weighted by Gasteiger charge is -2.31. The molecule has 0 bridgehead atoms. The molecule has 0 aromatic heterocycles. The van der Waals surface area contributed by atoms with Crippen molar-refractivity contribution >= 4 is 0 Å². The van der Waals surface area contributed by atoms with Gasteiger partial charge in [-0.1, -0.05) is 19.3 Å². The topological polar surface area (TPSA) is 15.3 Å². The molecule has 2 heteroatoms. The second-order valence-electron chi connectivity index (χ2n) is 6.77. The number of hydrogen-bond acceptors (Lipinski definition) is 2. The molecule has 0 aromatic carbocycles. The largest absolute Gasteiger partial charge is 0.310 e. The average Bonchev–Trinajstić information content (AvgIpc) is 2.65.